The Hall–Kier alpha value is -1.28. The standard InChI is InChI=1S/C13H15ClN2/c1-13(2,3)12-8-11(15-16-12)9-5-4-6-10(14)7-9/h4-8H,1-3H3,(H,15,16). The first-order chi connectivity index (χ1) is 7.47. The molecule has 0 fully saturated rings. The monoisotopic (exact) mass is 234 g/mol. The van der Waals surface area contributed by atoms with Gasteiger partial charge in [0.1, 0.15) is 0 Å². The van der Waals surface area contributed by atoms with Crippen LogP contribution in [0.25, 0.3) is 11.3 Å². The highest BCUT2D eigenvalue weighted by atomic mass is 35.5. The van der Waals surface area contributed by atoms with Crippen molar-refractivity contribution in [2.24, 2.45) is 0 Å². The molecule has 0 aliphatic heterocycles. The molecule has 0 radical (unpaired) electrons. The SMILES string of the molecule is CC(C)(C)c1cc(-c2cccc(Cl)c2)n[nH]1. The molecule has 0 aliphatic rings. The van der Waals surface area contributed by atoms with Crippen LogP contribution >= 0.6 is 11.6 Å². The number of rotatable bonds is 1. The zero-order valence-corrected chi connectivity index (χ0v) is 10.5. The van der Waals surface area contributed by atoms with Crippen LogP contribution in [0.4, 0.5) is 0 Å². The van der Waals surface area contributed by atoms with E-state index in [0.717, 1.165) is 22.0 Å². The Labute approximate surface area is 101 Å². The Kier molecular flexibility index (Phi) is 2.76. The topological polar surface area (TPSA) is 28.7 Å². The van der Waals surface area contributed by atoms with E-state index < -0.39 is 0 Å². The average molecular weight is 235 g/mol. The third-order valence-corrected chi connectivity index (χ3v) is 2.74. The zero-order chi connectivity index (χ0) is 11.8. The molecule has 0 saturated heterocycles. The molecule has 2 aromatic rings. The van der Waals surface area contributed by atoms with Gasteiger partial charge >= 0.3 is 0 Å². The predicted molar refractivity (Wildman–Crippen MR) is 67.7 cm³/mol. The number of aromatic nitrogens is 2. The molecule has 0 spiro atoms. The van der Waals surface area contributed by atoms with Gasteiger partial charge in [-0.15, -0.1) is 0 Å². The second-order valence-corrected chi connectivity index (χ2v) is 5.36. The minimum atomic E-state index is 0.0871. The van der Waals surface area contributed by atoms with E-state index in [0.29, 0.717) is 0 Å². The van der Waals surface area contributed by atoms with Crippen LogP contribution in [0, 0.1) is 0 Å². The Morgan fingerprint density at radius 1 is 1.19 bits per heavy atom. The van der Waals surface area contributed by atoms with Crippen LogP contribution < -0.4 is 0 Å². The van der Waals surface area contributed by atoms with E-state index in [-0.39, 0.29) is 5.41 Å². The lowest BCUT2D eigenvalue weighted by molar-refractivity contribution is 0.567. The zero-order valence-electron chi connectivity index (χ0n) is 9.71. The van der Waals surface area contributed by atoms with E-state index in [1.165, 1.54) is 0 Å². The molecule has 0 unspecified atom stereocenters. The van der Waals surface area contributed by atoms with Crippen molar-refractivity contribution >= 4 is 11.6 Å². The molecule has 0 saturated carbocycles. The molecule has 16 heavy (non-hydrogen) atoms. The Bertz CT molecular complexity index is 495. The maximum absolute atomic E-state index is 5.95. The highest BCUT2D eigenvalue weighted by Gasteiger charge is 2.17. The lowest BCUT2D eigenvalue weighted by atomic mass is 9.92. The molecule has 84 valence electrons. The van der Waals surface area contributed by atoms with Crippen molar-refractivity contribution in [3.05, 3.63) is 41.0 Å². The molecule has 1 heterocycles. The second kappa shape index (κ2) is 3.95. The van der Waals surface area contributed by atoms with E-state index in [2.05, 4.69) is 37.0 Å². The molecule has 2 rings (SSSR count). The van der Waals surface area contributed by atoms with Gasteiger partial charge in [0.25, 0.3) is 0 Å². The van der Waals surface area contributed by atoms with Crippen molar-refractivity contribution in [3.63, 3.8) is 0 Å². The summed E-state index contributed by atoms with van der Waals surface area (Å²) in [6.45, 7) is 6.47. The van der Waals surface area contributed by atoms with Gasteiger partial charge in [0, 0.05) is 21.7 Å². The second-order valence-electron chi connectivity index (χ2n) is 4.93. The predicted octanol–water partition coefficient (Wildman–Crippen LogP) is 4.03. The lowest BCUT2D eigenvalue weighted by Gasteiger charge is -2.14. The first-order valence-electron chi connectivity index (χ1n) is 5.28. The van der Waals surface area contributed by atoms with Gasteiger partial charge in [0.15, 0.2) is 0 Å². The highest BCUT2D eigenvalue weighted by Crippen LogP contribution is 2.26. The molecule has 3 heteroatoms. The molecule has 1 aromatic carbocycles. The third kappa shape index (κ3) is 2.27. The van der Waals surface area contributed by atoms with E-state index in [9.17, 15) is 0 Å². The Balaban J connectivity index is 2.39. The fourth-order valence-electron chi connectivity index (χ4n) is 1.50. The summed E-state index contributed by atoms with van der Waals surface area (Å²) in [5, 5.41) is 8.12. The van der Waals surface area contributed by atoms with Crippen molar-refractivity contribution in [2.45, 2.75) is 26.2 Å². The van der Waals surface area contributed by atoms with Crippen LogP contribution in [-0.4, -0.2) is 10.2 Å². The minimum absolute atomic E-state index is 0.0871. The van der Waals surface area contributed by atoms with Gasteiger partial charge in [0.2, 0.25) is 0 Å². The minimum Gasteiger partial charge on any atom is -0.281 e. The molecule has 0 atom stereocenters. The summed E-state index contributed by atoms with van der Waals surface area (Å²) >= 11 is 5.95. The number of hydrogen-bond donors (Lipinski definition) is 1. The number of aromatic amines is 1. The van der Waals surface area contributed by atoms with Crippen molar-refractivity contribution in [1.29, 1.82) is 0 Å². The van der Waals surface area contributed by atoms with Crippen LogP contribution in [0.2, 0.25) is 5.02 Å². The molecular formula is C13H15ClN2. The summed E-state index contributed by atoms with van der Waals surface area (Å²) in [6.07, 6.45) is 0. The van der Waals surface area contributed by atoms with Gasteiger partial charge < -0.3 is 0 Å². The quantitative estimate of drug-likeness (QED) is 0.793. The van der Waals surface area contributed by atoms with E-state index >= 15 is 0 Å². The number of nitrogens with zero attached hydrogens (tertiary/aromatic N) is 1. The number of nitrogens with one attached hydrogen (secondary N) is 1. The normalized spacial score (nSPS) is 11.8. The molecule has 1 N–H and O–H groups in total. The summed E-state index contributed by atoms with van der Waals surface area (Å²) in [4.78, 5) is 0. The smallest absolute Gasteiger partial charge is 0.0924 e. The first kappa shape index (κ1) is 11.2. The summed E-state index contributed by atoms with van der Waals surface area (Å²) < 4.78 is 0. The van der Waals surface area contributed by atoms with Gasteiger partial charge in [-0.2, -0.15) is 5.10 Å². The van der Waals surface area contributed by atoms with Gasteiger partial charge in [-0.3, -0.25) is 5.10 Å². The molecule has 0 aliphatic carbocycles. The van der Waals surface area contributed by atoms with Crippen molar-refractivity contribution in [3.8, 4) is 11.3 Å². The maximum atomic E-state index is 5.95. The van der Waals surface area contributed by atoms with Gasteiger partial charge in [-0.05, 0) is 18.2 Å². The highest BCUT2D eigenvalue weighted by molar-refractivity contribution is 6.30. The van der Waals surface area contributed by atoms with Crippen LogP contribution in [0.1, 0.15) is 26.5 Å². The van der Waals surface area contributed by atoms with Gasteiger partial charge in [-0.25, -0.2) is 0 Å². The van der Waals surface area contributed by atoms with E-state index in [1.54, 1.807) is 0 Å². The van der Waals surface area contributed by atoms with Crippen molar-refractivity contribution in [2.75, 3.05) is 0 Å². The fourth-order valence-corrected chi connectivity index (χ4v) is 1.69. The van der Waals surface area contributed by atoms with Crippen LogP contribution in [-0.2, 0) is 5.41 Å². The van der Waals surface area contributed by atoms with Crippen LogP contribution in [0.5, 0.6) is 0 Å². The largest absolute Gasteiger partial charge is 0.281 e. The summed E-state index contributed by atoms with van der Waals surface area (Å²) in [7, 11) is 0. The maximum Gasteiger partial charge on any atom is 0.0924 e. The number of benzene rings is 1. The number of hydrogen-bond acceptors (Lipinski definition) is 1. The summed E-state index contributed by atoms with van der Waals surface area (Å²) in [5.41, 5.74) is 3.19. The molecule has 0 amide bonds. The number of H-pyrrole nitrogens is 1. The van der Waals surface area contributed by atoms with E-state index in [1.807, 2.05) is 24.3 Å². The lowest BCUT2D eigenvalue weighted by Crippen LogP contribution is -2.11. The fraction of sp³-hybridized carbons (Fsp3) is 0.308. The van der Waals surface area contributed by atoms with E-state index in [4.69, 9.17) is 11.6 Å². The van der Waals surface area contributed by atoms with Crippen LogP contribution in [0.3, 0.4) is 0 Å². The summed E-state index contributed by atoms with van der Waals surface area (Å²) in [5.74, 6) is 0. The first-order valence-corrected chi connectivity index (χ1v) is 5.66. The molecule has 2 nitrogen and oxygen atoms in total. The van der Waals surface area contributed by atoms with Crippen molar-refractivity contribution < 1.29 is 0 Å². The summed E-state index contributed by atoms with van der Waals surface area (Å²) in [6, 6.07) is 9.80. The Morgan fingerprint density at radius 2 is 1.94 bits per heavy atom. The van der Waals surface area contributed by atoms with Gasteiger partial charge in [0.05, 0.1) is 5.69 Å². The molecule has 1 aromatic heterocycles. The van der Waals surface area contributed by atoms with Crippen LogP contribution in [0.15, 0.2) is 30.3 Å². The Morgan fingerprint density at radius 3 is 2.50 bits per heavy atom. The molecular weight excluding hydrogens is 220 g/mol. The molecule has 0 bridgehead atoms. The average Bonchev–Trinajstić information content (AvgIpc) is 2.65. The van der Waals surface area contributed by atoms with Crippen molar-refractivity contribution in [1.82, 2.24) is 10.2 Å². The number of halogens is 1. The third-order valence-electron chi connectivity index (χ3n) is 2.51. The van der Waals surface area contributed by atoms with Gasteiger partial charge in [-0.1, -0.05) is 44.5 Å².